The standard InChI is InChI=1S/C24H25FN4O3/c1-4-32-24(31)28-22(26)18-7-5-17(6-8-18)14-29(20-11-9-19(25)10-12-20)23(30)21-13-15(2)27-16(21)3/h5-13,27H,4,14H2,1-3H3,(H2,26,28,31). The van der Waals surface area contributed by atoms with Gasteiger partial charge in [0.1, 0.15) is 11.7 Å². The topological polar surface area (TPSA) is 101 Å². The Morgan fingerprint density at radius 3 is 2.31 bits per heavy atom. The molecule has 1 heterocycles. The molecule has 1 aromatic heterocycles. The SMILES string of the molecule is CCOC(=O)N=C(N)c1ccc(CN(C(=O)c2cc(C)[nH]c2C)c2ccc(F)cc2)cc1. The second-order valence-corrected chi connectivity index (χ2v) is 7.25. The van der Waals surface area contributed by atoms with Crippen molar-refractivity contribution >= 4 is 23.5 Å². The summed E-state index contributed by atoms with van der Waals surface area (Å²) < 4.78 is 18.2. The molecule has 0 aliphatic heterocycles. The number of anilines is 1. The first-order chi connectivity index (χ1) is 15.3. The number of benzene rings is 2. The van der Waals surface area contributed by atoms with Gasteiger partial charge in [-0.3, -0.25) is 4.79 Å². The zero-order chi connectivity index (χ0) is 23.3. The highest BCUT2D eigenvalue weighted by atomic mass is 19.1. The summed E-state index contributed by atoms with van der Waals surface area (Å²) in [7, 11) is 0. The number of aromatic amines is 1. The number of hydrogen-bond acceptors (Lipinski definition) is 3. The summed E-state index contributed by atoms with van der Waals surface area (Å²) in [4.78, 5) is 33.3. The zero-order valence-electron chi connectivity index (χ0n) is 18.2. The van der Waals surface area contributed by atoms with Gasteiger partial charge in [-0.25, -0.2) is 9.18 Å². The van der Waals surface area contributed by atoms with Crippen LogP contribution in [0.3, 0.4) is 0 Å². The minimum Gasteiger partial charge on any atom is -0.448 e. The summed E-state index contributed by atoms with van der Waals surface area (Å²) in [6.45, 7) is 5.87. The third kappa shape index (κ3) is 5.40. The van der Waals surface area contributed by atoms with Gasteiger partial charge in [-0.2, -0.15) is 4.99 Å². The lowest BCUT2D eigenvalue weighted by Gasteiger charge is -2.23. The van der Waals surface area contributed by atoms with E-state index in [9.17, 15) is 14.0 Å². The van der Waals surface area contributed by atoms with E-state index < -0.39 is 6.09 Å². The Morgan fingerprint density at radius 1 is 1.09 bits per heavy atom. The van der Waals surface area contributed by atoms with Gasteiger partial charge in [-0.05, 0) is 56.7 Å². The number of amides is 2. The van der Waals surface area contributed by atoms with Crippen molar-refractivity contribution in [2.24, 2.45) is 10.7 Å². The number of nitrogens with two attached hydrogens (primary N) is 1. The van der Waals surface area contributed by atoms with E-state index in [0.29, 0.717) is 16.8 Å². The van der Waals surface area contributed by atoms with Crippen LogP contribution in [0.15, 0.2) is 59.6 Å². The van der Waals surface area contributed by atoms with Crippen LogP contribution in [0.2, 0.25) is 0 Å². The molecule has 0 saturated heterocycles. The van der Waals surface area contributed by atoms with Crippen LogP contribution in [-0.2, 0) is 11.3 Å². The fourth-order valence-electron chi connectivity index (χ4n) is 3.27. The van der Waals surface area contributed by atoms with Crippen molar-refractivity contribution in [3.8, 4) is 0 Å². The number of aryl methyl sites for hydroxylation is 2. The van der Waals surface area contributed by atoms with E-state index in [-0.39, 0.29) is 30.7 Å². The highest BCUT2D eigenvalue weighted by Gasteiger charge is 2.21. The summed E-state index contributed by atoms with van der Waals surface area (Å²) in [6, 6.07) is 14.6. The van der Waals surface area contributed by atoms with Crippen LogP contribution in [0.4, 0.5) is 14.9 Å². The van der Waals surface area contributed by atoms with Crippen molar-refractivity contribution in [1.29, 1.82) is 0 Å². The Labute approximate surface area is 185 Å². The number of H-pyrrole nitrogens is 1. The summed E-state index contributed by atoms with van der Waals surface area (Å²) in [5.41, 5.74) is 10.0. The highest BCUT2D eigenvalue weighted by Crippen LogP contribution is 2.23. The maximum atomic E-state index is 13.5. The molecular formula is C24H25FN4O3. The average molecular weight is 436 g/mol. The first-order valence-electron chi connectivity index (χ1n) is 10.1. The smallest absolute Gasteiger partial charge is 0.435 e. The number of carbonyl (C=O) groups is 2. The number of hydrogen-bond donors (Lipinski definition) is 2. The predicted molar refractivity (Wildman–Crippen MR) is 121 cm³/mol. The van der Waals surface area contributed by atoms with Crippen molar-refractivity contribution in [2.75, 3.05) is 11.5 Å². The fraction of sp³-hybridized carbons (Fsp3) is 0.208. The molecule has 2 aromatic carbocycles. The Balaban J connectivity index is 1.88. The van der Waals surface area contributed by atoms with Gasteiger partial charge in [-0.1, -0.05) is 24.3 Å². The molecule has 3 aromatic rings. The Kier molecular flexibility index (Phi) is 7.04. The number of aromatic nitrogens is 1. The van der Waals surface area contributed by atoms with Crippen molar-refractivity contribution in [1.82, 2.24) is 4.98 Å². The number of ether oxygens (including phenoxy) is 1. The largest absolute Gasteiger partial charge is 0.448 e. The molecule has 0 spiro atoms. The number of rotatable bonds is 6. The van der Waals surface area contributed by atoms with Gasteiger partial charge in [0.15, 0.2) is 0 Å². The normalized spacial score (nSPS) is 11.3. The number of carbonyl (C=O) groups excluding carboxylic acids is 2. The van der Waals surface area contributed by atoms with Crippen LogP contribution in [0.25, 0.3) is 0 Å². The number of nitrogens with zero attached hydrogens (tertiary/aromatic N) is 2. The average Bonchev–Trinajstić information content (AvgIpc) is 3.10. The lowest BCUT2D eigenvalue weighted by atomic mass is 10.1. The second kappa shape index (κ2) is 9.91. The van der Waals surface area contributed by atoms with E-state index in [1.807, 2.05) is 13.8 Å². The molecule has 0 aliphatic rings. The fourth-order valence-corrected chi connectivity index (χ4v) is 3.27. The zero-order valence-corrected chi connectivity index (χ0v) is 18.2. The van der Waals surface area contributed by atoms with Crippen LogP contribution in [0.5, 0.6) is 0 Å². The van der Waals surface area contributed by atoms with Crippen LogP contribution in [0.1, 0.15) is 39.8 Å². The van der Waals surface area contributed by atoms with E-state index in [0.717, 1.165) is 17.0 Å². The van der Waals surface area contributed by atoms with E-state index in [1.54, 1.807) is 54.3 Å². The lowest BCUT2D eigenvalue weighted by molar-refractivity contribution is 0.0984. The molecule has 7 nitrogen and oxygen atoms in total. The van der Waals surface area contributed by atoms with Crippen molar-refractivity contribution < 1.29 is 18.7 Å². The number of amidine groups is 1. The monoisotopic (exact) mass is 436 g/mol. The van der Waals surface area contributed by atoms with Gasteiger partial charge in [0.25, 0.3) is 5.91 Å². The molecule has 32 heavy (non-hydrogen) atoms. The van der Waals surface area contributed by atoms with Gasteiger partial charge in [-0.15, -0.1) is 0 Å². The number of halogens is 1. The predicted octanol–water partition coefficient (Wildman–Crippen LogP) is 4.48. The first kappa shape index (κ1) is 22.7. The third-order valence-corrected chi connectivity index (χ3v) is 4.83. The molecule has 0 saturated carbocycles. The van der Waals surface area contributed by atoms with Gasteiger partial charge in [0.05, 0.1) is 18.7 Å². The maximum Gasteiger partial charge on any atom is 0.435 e. The number of nitrogens with one attached hydrogen (secondary N) is 1. The molecule has 0 unspecified atom stereocenters. The minimum absolute atomic E-state index is 0.0416. The molecule has 0 aliphatic carbocycles. The van der Waals surface area contributed by atoms with Crippen LogP contribution >= 0.6 is 0 Å². The maximum absolute atomic E-state index is 13.5. The Morgan fingerprint density at radius 2 is 1.75 bits per heavy atom. The van der Waals surface area contributed by atoms with Crippen molar-refractivity contribution in [3.05, 3.63) is 88.5 Å². The van der Waals surface area contributed by atoms with Crippen LogP contribution in [-0.4, -0.2) is 29.4 Å². The van der Waals surface area contributed by atoms with Crippen LogP contribution < -0.4 is 10.6 Å². The molecule has 0 atom stereocenters. The molecule has 3 N–H and O–H groups in total. The van der Waals surface area contributed by atoms with Gasteiger partial charge >= 0.3 is 6.09 Å². The second-order valence-electron chi connectivity index (χ2n) is 7.25. The van der Waals surface area contributed by atoms with Crippen molar-refractivity contribution in [3.63, 3.8) is 0 Å². The highest BCUT2D eigenvalue weighted by molar-refractivity contribution is 6.07. The van der Waals surface area contributed by atoms with E-state index in [2.05, 4.69) is 9.98 Å². The first-order valence-corrected chi connectivity index (χ1v) is 10.1. The quantitative estimate of drug-likeness (QED) is 0.439. The summed E-state index contributed by atoms with van der Waals surface area (Å²) >= 11 is 0. The van der Waals surface area contributed by atoms with Gasteiger partial charge in [0.2, 0.25) is 0 Å². The molecule has 2 amide bonds. The van der Waals surface area contributed by atoms with E-state index >= 15 is 0 Å². The summed E-state index contributed by atoms with van der Waals surface area (Å²) in [5, 5.41) is 0. The summed E-state index contributed by atoms with van der Waals surface area (Å²) in [5.74, 6) is -0.540. The lowest BCUT2D eigenvalue weighted by Crippen LogP contribution is -2.30. The molecule has 0 fully saturated rings. The molecule has 0 bridgehead atoms. The Bertz CT molecular complexity index is 1140. The van der Waals surface area contributed by atoms with Gasteiger partial charge < -0.3 is 20.4 Å². The van der Waals surface area contributed by atoms with E-state index in [4.69, 9.17) is 10.5 Å². The molecule has 0 radical (unpaired) electrons. The third-order valence-electron chi connectivity index (χ3n) is 4.83. The number of aliphatic imine (C=N–C) groups is 1. The molecular weight excluding hydrogens is 411 g/mol. The molecule has 166 valence electrons. The molecule has 3 rings (SSSR count). The summed E-state index contributed by atoms with van der Waals surface area (Å²) in [6.07, 6.45) is -0.751. The molecule has 8 heteroatoms. The van der Waals surface area contributed by atoms with Crippen molar-refractivity contribution in [2.45, 2.75) is 27.3 Å². The van der Waals surface area contributed by atoms with Gasteiger partial charge in [0, 0.05) is 22.6 Å². The van der Waals surface area contributed by atoms with E-state index in [1.165, 1.54) is 12.1 Å². The Hall–Kier alpha value is -3.94. The van der Waals surface area contributed by atoms with Crippen LogP contribution in [0, 0.1) is 19.7 Å². The minimum atomic E-state index is -0.751.